The standard InChI is InChI=1S/C55H69N8O9PSSi2/c1-37(2)33-57-52-60-50-49(51(64)61-52)58-36-63(50)48-32-43(72-76(55(6,7)8,40-25-17-11-18-26-40)41-27-19-12-20-28-41)44(69-48)34-67-73(66,74)71-42-31-47(62-30-29-46(56)59-53(62)65)70-45(42)35-68-75(54(3,4)5,38-21-13-9-14-22-38)39-23-15-10-16-24-39/h9-30,36-37,42-45,47-48H,31-35H2,1-8H3,(H,66,74)(H2,56,59,65)(H2,57,60,61,64)/t42-,43-,44+,45+,47+,48+,73+/m0/s1. The molecule has 7 aromatic rings. The molecule has 7 atom stereocenters. The molecule has 0 radical (unpaired) electrons. The lowest BCUT2D eigenvalue weighted by Crippen LogP contribution is -2.68. The van der Waals surface area contributed by atoms with Gasteiger partial charge in [-0.1, -0.05) is 177 Å². The fraction of sp³-hybridized carbons (Fsp3) is 0.400. The van der Waals surface area contributed by atoms with Crippen molar-refractivity contribution in [2.75, 3.05) is 30.8 Å². The van der Waals surface area contributed by atoms with E-state index in [2.05, 4.69) is 124 Å². The van der Waals surface area contributed by atoms with Gasteiger partial charge in [-0.2, -0.15) is 9.97 Å². The lowest BCUT2D eigenvalue weighted by Gasteiger charge is -2.45. The third-order valence-electron chi connectivity index (χ3n) is 14.2. The van der Waals surface area contributed by atoms with Gasteiger partial charge < -0.3 is 43.3 Å². The van der Waals surface area contributed by atoms with E-state index in [4.69, 9.17) is 49.9 Å². The fourth-order valence-corrected chi connectivity index (χ4v) is 21.5. The fourth-order valence-electron chi connectivity index (χ4n) is 10.7. The van der Waals surface area contributed by atoms with Gasteiger partial charge in [-0.15, -0.1) is 0 Å². The number of H-pyrrole nitrogens is 1. The van der Waals surface area contributed by atoms with Crippen LogP contribution in [0.25, 0.3) is 11.2 Å². The van der Waals surface area contributed by atoms with E-state index in [1.165, 1.54) is 16.8 Å². The molecule has 402 valence electrons. The zero-order chi connectivity index (χ0) is 54.0. The first kappa shape index (κ1) is 55.3. The summed E-state index contributed by atoms with van der Waals surface area (Å²) < 4.78 is 44.8. The largest absolute Gasteiger partial charge is 0.405 e. The second-order valence-electron chi connectivity index (χ2n) is 22.0. The van der Waals surface area contributed by atoms with E-state index in [0.29, 0.717) is 30.5 Å². The van der Waals surface area contributed by atoms with Crippen molar-refractivity contribution in [3.8, 4) is 0 Å². The number of anilines is 2. The second-order valence-corrected chi connectivity index (χ2v) is 33.3. The van der Waals surface area contributed by atoms with Crippen LogP contribution in [0.3, 0.4) is 0 Å². The Bertz CT molecular complexity index is 3170. The predicted octanol–water partition coefficient (Wildman–Crippen LogP) is 6.74. The maximum Gasteiger partial charge on any atom is 0.351 e. The Balaban J connectivity index is 1.05. The molecule has 9 rings (SSSR count). The smallest absolute Gasteiger partial charge is 0.351 e. The van der Waals surface area contributed by atoms with Gasteiger partial charge in [0.15, 0.2) is 11.2 Å². The summed E-state index contributed by atoms with van der Waals surface area (Å²) in [6.07, 6.45) is -1.35. The summed E-state index contributed by atoms with van der Waals surface area (Å²) in [5.41, 5.74) is 5.40. The number of rotatable bonds is 19. The van der Waals surface area contributed by atoms with Crippen molar-refractivity contribution in [3.63, 3.8) is 0 Å². The molecule has 0 aliphatic carbocycles. The van der Waals surface area contributed by atoms with E-state index in [-0.39, 0.29) is 36.0 Å². The third kappa shape index (κ3) is 11.4. The molecular formula is C55H69N8O9PSSi2. The first-order valence-electron chi connectivity index (χ1n) is 25.7. The van der Waals surface area contributed by atoms with E-state index >= 15 is 0 Å². The lowest BCUT2D eigenvalue weighted by molar-refractivity contribution is -0.0490. The van der Waals surface area contributed by atoms with Crippen molar-refractivity contribution in [1.29, 1.82) is 0 Å². The molecule has 3 aromatic heterocycles. The molecule has 0 bridgehead atoms. The zero-order valence-electron chi connectivity index (χ0n) is 44.2. The number of hydrogen-bond donors (Lipinski definition) is 4. The highest BCUT2D eigenvalue weighted by Gasteiger charge is 2.55. The molecule has 2 aliphatic rings. The van der Waals surface area contributed by atoms with Crippen LogP contribution in [0.4, 0.5) is 11.8 Å². The molecule has 0 amide bonds. The molecular weight excluding hydrogens is 1040 g/mol. The predicted molar refractivity (Wildman–Crippen MR) is 305 cm³/mol. The van der Waals surface area contributed by atoms with E-state index < -0.39 is 76.5 Å². The zero-order valence-corrected chi connectivity index (χ0v) is 47.9. The van der Waals surface area contributed by atoms with Gasteiger partial charge >= 0.3 is 12.4 Å². The molecule has 4 aromatic carbocycles. The van der Waals surface area contributed by atoms with Crippen LogP contribution >= 0.6 is 6.72 Å². The molecule has 17 nitrogen and oxygen atoms in total. The number of ether oxygens (including phenoxy) is 2. The summed E-state index contributed by atoms with van der Waals surface area (Å²) in [6, 6.07) is 42.5. The Morgan fingerprint density at radius 3 is 1.76 bits per heavy atom. The minimum Gasteiger partial charge on any atom is -0.405 e. The first-order chi connectivity index (χ1) is 36.2. The molecule has 5 heterocycles. The first-order valence-corrected chi connectivity index (χ1v) is 32.2. The number of benzene rings is 4. The quantitative estimate of drug-likeness (QED) is 0.0488. The van der Waals surface area contributed by atoms with Crippen LogP contribution in [0.2, 0.25) is 10.1 Å². The van der Waals surface area contributed by atoms with Gasteiger partial charge in [-0.25, -0.2) is 9.78 Å². The van der Waals surface area contributed by atoms with Crippen LogP contribution in [0.5, 0.6) is 0 Å². The maximum atomic E-state index is 13.4. The van der Waals surface area contributed by atoms with E-state index in [1.807, 2.05) is 72.8 Å². The van der Waals surface area contributed by atoms with Gasteiger partial charge in [0.25, 0.3) is 22.2 Å². The number of nitrogens with one attached hydrogen (secondary N) is 2. The number of nitrogens with two attached hydrogens (primary N) is 1. The van der Waals surface area contributed by atoms with Crippen molar-refractivity contribution in [2.24, 2.45) is 5.92 Å². The maximum absolute atomic E-state index is 13.4. The summed E-state index contributed by atoms with van der Waals surface area (Å²) in [4.78, 5) is 55.1. The molecule has 21 heteroatoms. The minimum atomic E-state index is -4.18. The molecule has 2 fully saturated rings. The third-order valence-corrected chi connectivity index (χ3v) is 25.9. The average Bonchev–Trinajstić information content (AvgIpc) is 4.12. The van der Waals surface area contributed by atoms with Crippen molar-refractivity contribution >= 4 is 78.8 Å². The SMILES string of the molecule is CC(C)CNc1nc2c(ncn2[C@H]2C[C@H](O[Si](c3ccccc3)(c3ccccc3)C(C)(C)C)[C@@H](CO[P@@](O)(=S)O[C@H]3C[C@H](n4ccc(N)nc4=O)O[C@@H]3CO[Si](c3ccccc3)(c3ccccc3)C(C)(C)C)O2)c(=O)[nH]1. The van der Waals surface area contributed by atoms with Gasteiger partial charge in [-0.3, -0.25) is 18.9 Å². The highest BCUT2D eigenvalue weighted by Crippen LogP contribution is 2.50. The molecule has 5 N–H and O–H groups in total. The number of imidazole rings is 1. The van der Waals surface area contributed by atoms with Crippen LogP contribution < -0.4 is 43.0 Å². The van der Waals surface area contributed by atoms with Gasteiger partial charge in [0.05, 0.1) is 31.7 Å². The van der Waals surface area contributed by atoms with Crippen LogP contribution in [0.1, 0.15) is 80.7 Å². The van der Waals surface area contributed by atoms with Crippen molar-refractivity contribution in [1.82, 2.24) is 29.1 Å². The van der Waals surface area contributed by atoms with Crippen LogP contribution in [0, 0.1) is 5.92 Å². The Labute approximate surface area is 450 Å². The summed E-state index contributed by atoms with van der Waals surface area (Å²) in [6.45, 7) is 13.5. The molecule has 76 heavy (non-hydrogen) atoms. The molecule has 2 saturated heterocycles. The summed E-state index contributed by atoms with van der Waals surface area (Å²) >= 11 is 5.92. The Kier molecular flexibility index (Phi) is 16.3. The van der Waals surface area contributed by atoms with E-state index in [9.17, 15) is 14.5 Å². The summed E-state index contributed by atoms with van der Waals surface area (Å²) in [5.74, 6) is 0.677. The number of nitrogens with zero attached hydrogens (tertiary/aromatic N) is 5. The highest BCUT2D eigenvalue weighted by atomic mass is 32.5. The van der Waals surface area contributed by atoms with Crippen LogP contribution in [0.15, 0.2) is 150 Å². The van der Waals surface area contributed by atoms with Crippen LogP contribution in [-0.4, -0.2) is 94.8 Å². The monoisotopic (exact) mass is 1100 g/mol. The van der Waals surface area contributed by atoms with Crippen molar-refractivity contribution < 1.29 is 32.3 Å². The van der Waals surface area contributed by atoms with Gasteiger partial charge in [0.1, 0.15) is 30.5 Å². The van der Waals surface area contributed by atoms with Gasteiger partial charge in [0, 0.05) is 25.6 Å². The number of nitrogen functional groups attached to an aromatic ring is 1. The topological polar surface area (TPSA) is 212 Å². The van der Waals surface area contributed by atoms with Crippen molar-refractivity contribution in [3.05, 3.63) is 161 Å². The summed E-state index contributed by atoms with van der Waals surface area (Å²) in [7, 11) is -6.35. The van der Waals surface area contributed by atoms with Crippen molar-refractivity contribution in [2.45, 2.75) is 115 Å². The molecule has 2 aliphatic heterocycles. The molecule has 0 unspecified atom stereocenters. The highest BCUT2D eigenvalue weighted by molar-refractivity contribution is 8.07. The lowest BCUT2D eigenvalue weighted by atomic mass is 10.2. The normalized spacial score (nSPS) is 21.3. The summed E-state index contributed by atoms with van der Waals surface area (Å²) in [5, 5.41) is 6.71. The number of fused-ring (bicyclic) bond motifs is 1. The Morgan fingerprint density at radius 1 is 0.750 bits per heavy atom. The molecule has 0 spiro atoms. The minimum absolute atomic E-state index is 0.0210. The second kappa shape index (κ2) is 22.5. The van der Waals surface area contributed by atoms with Gasteiger partial charge in [-0.05, 0) is 54.6 Å². The average molecular weight is 1110 g/mol. The number of hydrogen-bond acceptors (Lipinski definition) is 14. The number of aromatic amines is 1. The Hall–Kier alpha value is -5.49. The molecule has 0 saturated carbocycles. The number of aromatic nitrogens is 6. The van der Waals surface area contributed by atoms with E-state index in [1.54, 1.807) is 10.9 Å². The van der Waals surface area contributed by atoms with Crippen LogP contribution in [-0.2, 0) is 39.2 Å². The Morgan fingerprint density at radius 2 is 1.25 bits per heavy atom. The van der Waals surface area contributed by atoms with E-state index in [0.717, 1.165) is 20.7 Å². The van der Waals surface area contributed by atoms with Gasteiger partial charge in [0.2, 0.25) is 5.95 Å².